The Morgan fingerprint density at radius 3 is 2.12 bits per heavy atom. The Balaban J connectivity index is 2.10. The van der Waals surface area contributed by atoms with Gasteiger partial charge in [0, 0.05) is 16.1 Å². The van der Waals surface area contributed by atoms with Gasteiger partial charge in [0.15, 0.2) is 0 Å². The highest BCUT2D eigenvalue weighted by Crippen LogP contribution is 2.27. The molecule has 0 heterocycles. The molecule has 1 saturated carbocycles. The second kappa shape index (κ2) is 9.10. The van der Waals surface area contributed by atoms with Gasteiger partial charge < -0.3 is 5.32 Å². The van der Waals surface area contributed by atoms with E-state index in [1.165, 1.54) is 37.5 Å². The molecule has 25 heavy (non-hydrogen) atoms. The summed E-state index contributed by atoms with van der Waals surface area (Å²) in [6, 6.07) is 4.59. The minimum Gasteiger partial charge on any atom is -0.352 e. The van der Waals surface area contributed by atoms with Crippen LogP contribution in [-0.4, -0.2) is 33.2 Å². The van der Waals surface area contributed by atoms with Gasteiger partial charge in [-0.05, 0) is 31.0 Å². The van der Waals surface area contributed by atoms with E-state index < -0.39 is 10.0 Å². The second-order valence-corrected chi connectivity index (χ2v) is 9.29. The first-order valence-electron chi connectivity index (χ1n) is 8.49. The number of halogens is 2. The van der Waals surface area contributed by atoms with Gasteiger partial charge in [0.2, 0.25) is 15.9 Å². The number of carbonyl (C=O) groups is 1. The van der Waals surface area contributed by atoms with E-state index >= 15 is 0 Å². The topological polar surface area (TPSA) is 66.5 Å². The first-order chi connectivity index (χ1) is 11.8. The van der Waals surface area contributed by atoms with Crippen molar-refractivity contribution in [2.45, 2.75) is 51.0 Å². The second-order valence-electron chi connectivity index (χ2n) is 6.51. The van der Waals surface area contributed by atoms with E-state index in [9.17, 15) is 13.2 Å². The lowest BCUT2D eigenvalue weighted by Gasteiger charge is -2.25. The molecule has 0 radical (unpaired) electrons. The van der Waals surface area contributed by atoms with Gasteiger partial charge >= 0.3 is 0 Å². The van der Waals surface area contributed by atoms with Crippen molar-refractivity contribution in [3.63, 3.8) is 0 Å². The quantitative estimate of drug-likeness (QED) is 0.803. The zero-order valence-corrected chi connectivity index (χ0v) is 16.6. The Kier molecular flexibility index (Phi) is 7.40. The number of anilines is 1. The first kappa shape index (κ1) is 20.3. The van der Waals surface area contributed by atoms with Crippen molar-refractivity contribution in [1.29, 1.82) is 0 Å². The molecule has 8 heteroatoms. The summed E-state index contributed by atoms with van der Waals surface area (Å²) in [4.78, 5) is 12.4. The molecule has 2 rings (SSSR count). The molecular weight excluding hydrogens is 383 g/mol. The molecule has 0 saturated heterocycles. The number of carbonyl (C=O) groups excluding carboxylic acids is 1. The van der Waals surface area contributed by atoms with Crippen LogP contribution in [-0.2, 0) is 14.8 Å². The molecule has 1 amide bonds. The lowest BCUT2D eigenvalue weighted by molar-refractivity contribution is -0.120. The van der Waals surface area contributed by atoms with Gasteiger partial charge in [-0.15, -0.1) is 0 Å². The maximum atomic E-state index is 12.4. The minimum atomic E-state index is -3.65. The molecule has 1 N–H and O–H groups in total. The maximum Gasteiger partial charge on any atom is 0.240 e. The number of nitrogens with one attached hydrogen (secondary N) is 1. The summed E-state index contributed by atoms with van der Waals surface area (Å²) in [5, 5.41) is 3.61. The molecule has 0 aliphatic heterocycles. The average Bonchev–Trinajstić information content (AvgIpc) is 2.45. The Hall–Kier alpha value is -0.980. The highest BCUT2D eigenvalue weighted by atomic mass is 35.5. The van der Waals surface area contributed by atoms with Crippen LogP contribution in [0.15, 0.2) is 18.2 Å². The first-order valence-corrected chi connectivity index (χ1v) is 11.1. The number of nitrogens with zero attached hydrogens (tertiary/aromatic N) is 1. The van der Waals surface area contributed by atoms with Crippen molar-refractivity contribution in [1.82, 2.24) is 5.32 Å². The van der Waals surface area contributed by atoms with E-state index in [-0.39, 0.29) is 24.2 Å². The fourth-order valence-electron chi connectivity index (χ4n) is 3.09. The van der Waals surface area contributed by atoms with Gasteiger partial charge in [-0.25, -0.2) is 8.42 Å². The average molecular weight is 407 g/mol. The third-order valence-corrected chi connectivity index (χ3v) is 5.87. The number of amides is 1. The molecule has 140 valence electrons. The molecule has 0 bridgehead atoms. The van der Waals surface area contributed by atoms with Crippen LogP contribution in [0.25, 0.3) is 0 Å². The van der Waals surface area contributed by atoms with Crippen molar-refractivity contribution in [3.8, 4) is 0 Å². The molecule has 0 unspecified atom stereocenters. The molecule has 1 aromatic carbocycles. The standard InChI is InChI=1S/C17H24Cl2N2O3S/c1-25(23,24)21(16-10-13(18)9-14(19)11-16)12-17(22)20-15-7-5-3-2-4-6-8-15/h9-11,15H,2-8,12H2,1H3,(H,20,22). The molecule has 1 fully saturated rings. The van der Waals surface area contributed by atoms with E-state index in [0.29, 0.717) is 10.0 Å². The lowest BCUT2D eigenvalue weighted by Crippen LogP contribution is -2.44. The normalized spacial score (nSPS) is 16.8. The lowest BCUT2D eigenvalue weighted by atomic mass is 9.97. The van der Waals surface area contributed by atoms with Crippen LogP contribution in [0.4, 0.5) is 5.69 Å². The van der Waals surface area contributed by atoms with Crippen LogP contribution in [0.3, 0.4) is 0 Å². The van der Waals surface area contributed by atoms with E-state index in [1.807, 2.05) is 0 Å². The van der Waals surface area contributed by atoms with Gasteiger partial charge in [0.25, 0.3) is 0 Å². The van der Waals surface area contributed by atoms with Crippen molar-refractivity contribution in [2.24, 2.45) is 0 Å². The SMILES string of the molecule is CS(=O)(=O)N(CC(=O)NC1CCCCCCC1)c1cc(Cl)cc(Cl)c1. The Morgan fingerprint density at radius 2 is 1.60 bits per heavy atom. The fourth-order valence-corrected chi connectivity index (χ4v) is 4.44. The third kappa shape index (κ3) is 6.68. The summed E-state index contributed by atoms with van der Waals surface area (Å²) in [5.74, 6) is -0.313. The van der Waals surface area contributed by atoms with E-state index in [1.54, 1.807) is 0 Å². The van der Waals surface area contributed by atoms with E-state index in [0.717, 1.165) is 36.2 Å². The maximum absolute atomic E-state index is 12.4. The summed E-state index contributed by atoms with van der Waals surface area (Å²) in [7, 11) is -3.65. The van der Waals surface area contributed by atoms with Gasteiger partial charge in [0.05, 0.1) is 11.9 Å². The van der Waals surface area contributed by atoms with Crippen LogP contribution in [0, 0.1) is 0 Å². The largest absolute Gasteiger partial charge is 0.352 e. The third-order valence-electron chi connectivity index (χ3n) is 4.29. The predicted molar refractivity (Wildman–Crippen MR) is 103 cm³/mol. The van der Waals surface area contributed by atoms with Crippen LogP contribution < -0.4 is 9.62 Å². The zero-order chi connectivity index (χ0) is 18.4. The Morgan fingerprint density at radius 1 is 1.08 bits per heavy atom. The van der Waals surface area contributed by atoms with Crippen LogP contribution >= 0.6 is 23.2 Å². The molecule has 1 aromatic rings. The predicted octanol–water partition coefficient (Wildman–Crippen LogP) is 3.99. The number of benzene rings is 1. The van der Waals surface area contributed by atoms with Crippen LogP contribution in [0.1, 0.15) is 44.9 Å². The van der Waals surface area contributed by atoms with Crippen LogP contribution in [0.5, 0.6) is 0 Å². The number of sulfonamides is 1. The molecule has 0 aromatic heterocycles. The molecule has 1 aliphatic carbocycles. The van der Waals surface area contributed by atoms with E-state index in [4.69, 9.17) is 23.2 Å². The van der Waals surface area contributed by atoms with Crippen LogP contribution in [0.2, 0.25) is 10.0 Å². The summed E-state index contributed by atoms with van der Waals surface area (Å²) < 4.78 is 25.3. The number of hydrogen-bond donors (Lipinski definition) is 1. The molecule has 5 nitrogen and oxygen atoms in total. The van der Waals surface area contributed by atoms with Gasteiger partial charge in [-0.3, -0.25) is 9.10 Å². The smallest absolute Gasteiger partial charge is 0.240 e. The molecule has 0 atom stereocenters. The highest BCUT2D eigenvalue weighted by molar-refractivity contribution is 7.92. The number of hydrogen-bond acceptors (Lipinski definition) is 3. The van der Waals surface area contributed by atoms with Gasteiger partial charge in [-0.1, -0.05) is 55.3 Å². The Labute approximate surface area is 159 Å². The molecule has 1 aliphatic rings. The van der Waals surface area contributed by atoms with E-state index in [2.05, 4.69) is 5.32 Å². The number of rotatable bonds is 5. The van der Waals surface area contributed by atoms with Gasteiger partial charge in [-0.2, -0.15) is 0 Å². The highest BCUT2D eigenvalue weighted by Gasteiger charge is 2.23. The Bertz CT molecular complexity index is 682. The summed E-state index contributed by atoms with van der Waals surface area (Å²) in [5.41, 5.74) is 0.285. The summed E-state index contributed by atoms with van der Waals surface area (Å²) in [6.07, 6.45) is 8.73. The molecule has 0 spiro atoms. The summed E-state index contributed by atoms with van der Waals surface area (Å²) in [6.45, 7) is -0.286. The van der Waals surface area contributed by atoms with Crippen molar-refractivity contribution in [3.05, 3.63) is 28.2 Å². The fraction of sp³-hybridized carbons (Fsp3) is 0.588. The monoisotopic (exact) mass is 406 g/mol. The van der Waals surface area contributed by atoms with Crippen molar-refractivity contribution < 1.29 is 13.2 Å². The summed E-state index contributed by atoms with van der Waals surface area (Å²) >= 11 is 11.9. The van der Waals surface area contributed by atoms with Gasteiger partial charge in [0.1, 0.15) is 6.54 Å². The molecular formula is C17H24Cl2N2O3S. The zero-order valence-electron chi connectivity index (χ0n) is 14.3. The minimum absolute atomic E-state index is 0.108. The van der Waals surface area contributed by atoms with Crippen molar-refractivity contribution in [2.75, 3.05) is 17.1 Å². The van der Waals surface area contributed by atoms with Crippen molar-refractivity contribution >= 4 is 44.8 Å².